The SMILES string of the molecule is O=C1C2C[C@@H](CN2)N1Cc1cccc(F)c1. The monoisotopic (exact) mass is 220 g/mol. The number of halogens is 1. The molecule has 1 amide bonds. The molecule has 0 spiro atoms. The highest BCUT2D eigenvalue weighted by Gasteiger charge is 2.44. The van der Waals surface area contributed by atoms with Crippen molar-refractivity contribution in [3.8, 4) is 0 Å². The number of amides is 1. The van der Waals surface area contributed by atoms with Gasteiger partial charge in [-0.2, -0.15) is 0 Å². The number of benzene rings is 1. The highest BCUT2D eigenvalue weighted by atomic mass is 19.1. The summed E-state index contributed by atoms with van der Waals surface area (Å²) in [5, 5.41) is 3.17. The fourth-order valence-corrected chi connectivity index (χ4v) is 2.56. The fraction of sp³-hybridized carbons (Fsp3) is 0.417. The average molecular weight is 220 g/mol. The highest BCUT2D eigenvalue weighted by Crippen LogP contribution is 2.26. The number of rotatable bonds is 2. The summed E-state index contributed by atoms with van der Waals surface area (Å²) in [6.45, 7) is 1.39. The summed E-state index contributed by atoms with van der Waals surface area (Å²) in [5.41, 5.74) is 0.862. The maximum absolute atomic E-state index is 13.0. The lowest BCUT2D eigenvalue weighted by Crippen LogP contribution is -2.47. The number of carbonyl (C=O) groups is 1. The molecule has 0 aliphatic carbocycles. The van der Waals surface area contributed by atoms with E-state index >= 15 is 0 Å². The van der Waals surface area contributed by atoms with Crippen molar-refractivity contribution in [1.29, 1.82) is 0 Å². The van der Waals surface area contributed by atoms with E-state index in [1.165, 1.54) is 12.1 Å². The van der Waals surface area contributed by atoms with Gasteiger partial charge in [0.05, 0.1) is 6.04 Å². The maximum Gasteiger partial charge on any atom is 0.240 e. The Morgan fingerprint density at radius 2 is 2.38 bits per heavy atom. The van der Waals surface area contributed by atoms with Crippen LogP contribution in [0.15, 0.2) is 24.3 Å². The first kappa shape index (κ1) is 9.78. The molecule has 1 aromatic rings. The average Bonchev–Trinajstić information content (AvgIpc) is 2.82. The van der Waals surface area contributed by atoms with E-state index in [4.69, 9.17) is 0 Å². The van der Waals surface area contributed by atoms with Gasteiger partial charge in [0.15, 0.2) is 0 Å². The zero-order valence-corrected chi connectivity index (χ0v) is 8.82. The van der Waals surface area contributed by atoms with Crippen LogP contribution >= 0.6 is 0 Å². The van der Waals surface area contributed by atoms with Crippen LogP contribution in [0, 0.1) is 5.82 Å². The van der Waals surface area contributed by atoms with Crippen LogP contribution in [-0.2, 0) is 11.3 Å². The molecule has 2 saturated heterocycles. The Kier molecular flexibility index (Phi) is 2.17. The Balaban J connectivity index is 1.78. The molecule has 2 fully saturated rings. The predicted octanol–water partition coefficient (Wildman–Crippen LogP) is 0.898. The Morgan fingerprint density at radius 1 is 1.50 bits per heavy atom. The van der Waals surface area contributed by atoms with E-state index in [0.29, 0.717) is 12.6 Å². The first-order valence-corrected chi connectivity index (χ1v) is 5.52. The van der Waals surface area contributed by atoms with Crippen molar-refractivity contribution in [3.05, 3.63) is 35.6 Å². The van der Waals surface area contributed by atoms with Crippen molar-refractivity contribution >= 4 is 5.91 Å². The Bertz CT molecular complexity index is 435. The van der Waals surface area contributed by atoms with Crippen molar-refractivity contribution in [2.75, 3.05) is 6.54 Å². The van der Waals surface area contributed by atoms with Gasteiger partial charge in [-0.1, -0.05) is 12.1 Å². The number of likely N-dealkylation sites (tertiary alicyclic amines) is 1. The minimum absolute atomic E-state index is 0.00133. The highest BCUT2D eigenvalue weighted by molar-refractivity contribution is 5.85. The van der Waals surface area contributed by atoms with E-state index in [1.807, 2.05) is 11.0 Å². The molecule has 0 saturated carbocycles. The van der Waals surface area contributed by atoms with Crippen molar-refractivity contribution in [2.24, 2.45) is 0 Å². The second kappa shape index (κ2) is 3.56. The van der Waals surface area contributed by atoms with Gasteiger partial charge in [0.1, 0.15) is 5.82 Å². The van der Waals surface area contributed by atoms with E-state index < -0.39 is 0 Å². The second-order valence-electron chi connectivity index (χ2n) is 4.45. The lowest BCUT2D eigenvalue weighted by atomic mass is 10.2. The third-order valence-corrected chi connectivity index (χ3v) is 3.37. The van der Waals surface area contributed by atoms with Gasteiger partial charge in [0.25, 0.3) is 0 Å². The third kappa shape index (κ3) is 1.50. The van der Waals surface area contributed by atoms with E-state index in [0.717, 1.165) is 18.5 Å². The van der Waals surface area contributed by atoms with Crippen molar-refractivity contribution in [2.45, 2.75) is 25.0 Å². The van der Waals surface area contributed by atoms with Crippen LogP contribution in [0.3, 0.4) is 0 Å². The summed E-state index contributed by atoms with van der Waals surface area (Å²) in [6, 6.07) is 6.74. The molecule has 1 N–H and O–H groups in total. The molecule has 1 unspecified atom stereocenters. The summed E-state index contributed by atoms with van der Waals surface area (Å²) < 4.78 is 13.0. The predicted molar refractivity (Wildman–Crippen MR) is 57.1 cm³/mol. The van der Waals surface area contributed by atoms with Crippen molar-refractivity contribution in [1.82, 2.24) is 10.2 Å². The minimum atomic E-state index is -0.243. The molecule has 84 valence electrons. The number of fused-ring (bicyclic) bond motifs is 2. The summed E-state index contributed by atoms with van der Waals surface area (Å²) >= 11 is 0. The van der Waals surface area contributed by atoms with Crippen LogP contribution in [0.25, 0.3) is 0 Å². The molecule has 3 nitrogen and oxygen atoms in total. The molecule has 1 aromatic carbocycles. The molecule has 2 bridgehead atoms. The van der Waals surface area contributed by atoms with Crippen molar-refractivity contribution < 1.29 is 9.18 Å². The van der Waals surface area contributed by atoms with Crippen LogP contribution < -0.4 is 5.32 Å². The van der Waals surface area contributed by atoms with Gasteiger partial charge in [-0.15, -0.1) is 0 Å². The summed E-state index contributed by atoms with van der Waals surface area (Å²) in [5.74, 6) is -0.0899. The molecule has 2 atom stereocenters. The largest absolute Gasteiger partial charge is 0.333 e. The molecule has 16 heavy (non-hydrogen) atoms. The molecule has 2 aliphatic heterocycles. The number of nitrogens with zero attached hydrogens (tertiary/aromatic N) is 1. The van der Waals surface area contributed by atoms with Gasteiger partial charge < -0.3 is 10.2 Å². The normalized spacial score (nSPS) is 27.8. The van der Waals surface area contributed by atoms with Gasteiger partial charge in [-0.25, -0.2) is 4.39 Å². The van der Waals surface area contributed by atoms with Crippen LogP contribution in [0.2, 0.25) is 0 Å². The number of hydrogen-bond acceptors (Lipinski definition) is 2. The van der Waals surface area contributed by atoms with Gasteiger partial charge in [-0.3, -0.25) is 4.79 Å². The van der Waals surface area contributed by atoms with Gasteiger partial charge in [-0.05, 0) is 24.1 Å². The lowest BCUT2D eigenvalue weighted by molar-refractivity contribution is -0.132. The van der Waals surface area contributed by atoms with Crippen LogP contribution in [0.4, 0.5) is 4.39 Å². The number of piperazine rings is 1. The molecule has 2 heterocycles. The zero-order valence-electron chi connectivity index (χ0n) is 8.82. The standard InChI is InChI=1S/C12H13FN2O/c13-9-3-1-2-8(4-9)7-15-10-5-11(12(15)16)14-6-10/h1-4,10-11,14H,5-7H2/t10-,11?/m0/s1. The minimum Gasteiger partial charge on any atom is -0.333 e. The lowest BCUT2D eigenvalue weighted by Gasteiger charge is -2.27. The summed E-state index contributed by atoms with van der Waals surface area (Å²) in [7, 11) is 0. The Labute approximate surface area is 93.2 Å². The first-order valence-electron chi connectivity index (χ1n) is 5.52. The quantitative estimate of drug-likeness (QED) is 0.803. The van der Waals surface area contributed by atoms with Crippen molar-refractivity contribution in [3.63, 3.8) is 0 Å². The molecular formula is C12H13FN2O. The van der Waals surface area contributed by atoms with E-state index in [9.17, 15) is 9.18 Å². The molecule has 0 aromatic heterocycles. The van der Waals surface area contributed by atoms with Crippen LogP contribution in [0.1, 0.15) is 12.0 Å². The number of hydrogen-bond donors (Lipinski definition) is 1. The first-order chi connectivity index (χ1) is 7.74. The summed E-state index contributed by atoms with van der Waals surface area (Å²) in [6.07, 6.45) is 0.897. The van der Waals surface area contributed by atoms with E-state index in [2.05, 4.69) is 5.32 Å². The Morgan fingerprint density at radius 3 is 3.06 bits per heavy atom. The smallest absolute Gasteiger partial charge is 0.240 e. The van der Waals surface area contributed by atoms with E-state index in [-0.39, 0.29) is 17.8 Å². The van der Waals surface area contributed by atoms with Gasteiger partial charge in [0.2, 0.25) is 5.91 Å². The van der Waals surface area contributed by atoms with Crippen LogP contribution in [-0.4, -0.2) is 29.4 Å². The topological polar surface area (TPSA) is 32.3 Å². The third-order valence-electron chi connectivity index (χ3n) is 3.37. The molecule has 2 aliphatic rings. The maximum atomic E-state index is 13.0. The molecular weight excluding hydrogens is 207 g/mol. The van der Waals surface area contributed by atoms with Gasteiger partial charge >= 0.3 is 0 Å². The fourth-order valence-electron chi connectivity index (χ4n) is 2.56. The number of nitrogens with one attached hydrogen (secondary N) is 1. The number of carbonyl (C=O) groups excluding carboxylic acids is 1. The zero-order chi connectivity index (χ0) is 11.1. The van der Waals surface area contributed by atoms with E-state index in [1.54, 1.807) is 6.07 Å². The van der Waals surface area contributed by atoms with Gasteiger partial charge in [0, 0.05) is 19.1 Å². The Hall–Kier alpha value is -1.42. The van der Waals surface area contributed by atoms with Crippen LogP contribution in [0.5, 0.6) is 0 Å². The molecule has 3 rings (SSSR count). The summed E-state index contributed by atoms with van der Waals surface area (Å²) in [4.78, 5) is 13.7. The molecule has 4 heteroatoms. The second-order valence-corrected chi connectivity index (χ2v) is 4.45. The molecule has 0 radical (unpaired) electrons.